The van der Waals surface area contributed by atoms with Crippen LogP contribution in [0.25, 0.3) is 0 Å². The molecule has 0 atom stereocenters. The van der Waals surface area contributed by atoms with Gasteiger partial charge in [0.2, 0.25) is 0 Å². The zero-order chi connectivity index (χ0) is 17.1. The summed E-state index contributed by atoms with van der Waals surface area (Å²) in [7, 11) is -4.67. The van der Waals surface area contributed by atoms with E-state index in [1.165, 1.54) is 6.26 Å². The first-order valence-corrected chi connectivity index (χ1v) is 7.24. The number of hydrogen-bond acceptors (Lipinski definition) is 7. The van der Waals surface area contributed by atoms with E-state index in [0.29, 0.717) is 26.2 Å². The van der Waals surface area contributed by atoms with Gasteiger partial charge in [0.25, 0.3) is 0 Å². The maximum absolute atomic E-state index is 8.74. The number of hydrogen-bond donors (Lipinski definition) is 5. The molecule has 0 aliphatic heterocycles. The molecular formula is C11H25NO8S. The molecule has 0 unspecified atom stereocenters. The van der Waals surface area contributed by atoms with Crippen LogP contribution in [0.2, 0.25) is 0 Å². The van der Waals surface area contributed by atoms with Crippen LogP contribution in [0.3, 0.4) is 0 Å². The topological polar surface area (TPSA) is 148 Å². The van der Waals surface area contributed by atoms with E-state index < -0.39 is 10.4 Å². The summed E-state index contributed by atoms with van der Waals surface area (Å²) in [6.07, 6.45) is 3.06. The van der Waals surface area contributed by atoms with Gasteiger partial charge in [-0.1, -0.05) is 19.2 Å². The molecule has 0 aromatic heterocycles. The van der Waals surface area contributed by atoms with Gasteiger partial charge >= 0.3 is 10.4 Å². The zero-order valence-corrected chi connectivity index (χ0v) is 12.7. The molecule has 0 heterocycles. The van der Waals surface area contributed by atoms with Gasteiger partial charge in [0, 0.05) is 19.6 Å². The monoisotopic (exact) mass is 331 g/mol. The van der Waals surface area contributed by atoms with E-state index in [1.807, 2.05) is 0 Å². The fraction of sp³-hybridized carbons (Fsp3) is 0.636. The first-order valence-electron chi connectivity index (χ1n) is 5.84. The van der Waals surface area contributed by atoms with Crippen LogP contribution in [0, 0.1) is 0 Å². The Labute approximate surface area is 125 Å². The second-order valence-electron chi connectivity index (χ2n) is 3.25. The number of nitrogens with zero attached hydrogens (tertiary/aromatic N) is 1. The summed E-state index contributed by atoms with van der Waals surface area (Å²) in [6, 6.07) is 0. The summed E-state index contributed by atoms with van der Waals surface area (Å²) in [5.41, 5.74) is 0. The van der Waals surface area contributed by atoms with Crippen molar-refractivity contribution in [2.24, 2.45) is 0 Å². The minimum Gasteiger partial charge on any atom is -0.498 e. The van der Waals surface area contributed by atoms with E-state index in [9.17, 15) is 0 Å². The van der Waals surface area contributed by atoms with E-state index in [-0.39, 0.29) is 19.8 Å². The Hall–Kier alpha value is -1.01. The summed E-state index contributed by atoms with van der Waals surface area (Å²) in [4.78, 5) is 1.79. The van der Waals surface area contributed by atoms with Crippen LogP contribution in [0.15, 0.2) is 25.5 Å². The van der Waals surface area contributed by atoms with Crippen LogP contribution in [0.5, 0.6) is 0 Å². The average Bonchev–Trinajstić information content (AvgIpc) is 2.36. The number of aliphatic hydroxyl groups excluding tert-OH is 3. The van der Waals surface area contributed by atoms with Crippen molar-refractivity contribution in [1.29, 1.82) is 0 Å². The molecule has 0 bridgehead atoms. The molecule has 0 aromatic rings. The summed E-state index contributed by atoms with van der Waals surface area (Å²) < 4.78 is 36.2. The van der Waals surface area contributed by atoms with Gasteiger partial charge in [-0.25, -0.2) is 0 Å². The molecule has 0 radical (unpaired) electrons. The lowest BCUT2D eigenvalue weighted by Gasteiger charge is -2.17. The van der Waals surface area contributed by atoms with Gasteiger partial charge in [-0.05, 0) is 0 Å². The fourth-order valence-corrected chi connectivity index (χ4v) is 0.896. The van der Waals surface area contributed by atoms with Crippen molar-refractivity contribution in [1.82, 2.24) is 4.90 Å². The summed E-state index contributed by atoms with van der Waals surface area (Å²) in [6.45, 7) is 9.07. The lowest BCUT2D eigenvalue weighted by molar-refractivity contribution is 0.136. The van der Waals surface area contributed by atoms with Crippen LogP contribution >= 0.6 is 0 Å². The highest BCUT2D eigenvalue weighted by atomic mass is 32.3. The normalized spacial score (nSPS) is 9.81. The van der Waals surface area contributed by atoms with Gasteiger partial charge in [0.15, 0.2) is 0 Å². The maximum atomic E-state index is 8.74. The van der Waals surface area contributed by atoms with Crippen molar-refractivity contribution < 1.29 is 37.6 Å². The highest BCUT2D eigenvalue weighted by molar-refractivity contribution is 7.79. The molecule has 5 N–H and O–H groups in total. The van der Waals surface area contributed by atoms with E-state index in [0.717, 1.165) is 0 Å². The summed E-state index contributed by atoms with van der Waals surface area (Å²) in [5, 5.41) is 25.5. The minimum atomic E-state index is -4.67. The van der Waals surface area contributed by atoms with Gasteiger partial charge < -0.3 is 20.1 Å². The third-order valence-corrected chi connectivity index (χ3v) is 1.58. The van der Waals surface area contributed by atoms with Gasteiger partial charge in [0.1, 0.15) is 6.61 Å². The summed E-state index contributed by atoms with van der Waals surface area (Å²) >= 11 is 0. The molecule has 21 heavy (non-hydrogen) atoms. The van der Waals surface area contributed by atoms with Crippen LogP contribution in [-0.4, -0.2) is 83.8 Å². The molecule has 0 fully saturated rings. The number of ether oxygens (including phenoxy) is 1. The lowest BCUT2D eigenvalue weighted by atomic mass is 10.4. The predicted octanol–water partition coefficient (Wildman–Crippen LogP) is -1.05. The first-order chi connectivity index (χ1) is 9.76. The smallest absolute Gasteiger partial charge is 0.394 e. The SMILES string of the molecule is C=CCOC=C.O=S(=O)(O)O.OCCN(CCO)CCO. The van der Waals surface area contributed by atoms with Crippen LogP contribution in [-0.2, 0) is 15.1 Å². The van der Waals surface area contributed by atoms with Crippen molar-refractivity contribution in [2.75, 3.05) is 46.1 Å². The maximum Gasteiger partial charge on any atom is 0.394 e. The minimum absolute atomic E-state index is 0.0694. The Bertz CT molecular complexity index is 290. The van der Waals surface area contributed by atoms with E-state index >= 15 is 0 Å². The molecule has 0 aromatic carbocycles. The first kappa shape index (κ1) is 25.0. The van der Waals surface area contributed by atoms with Crippen molar-refractivity contribution in [3.05, 3.63) is 25.5 Å². The molecule has 0 rings (SSSR count). The number of aliphatic hydroxyl groups is 3. The molecular weight excluding hydrogens is 306 g/mol. The molecule has 0 aliphatic rings. The van der Waals surface area contributed by atoms with Crippen LogP contribution in [0.1, 0.15) is 0 Å². The second kappa shape index (κ2) is 19.0. The standard InChI is InChI=1S/C6H15NO3.C5H8O.H2O4S/c8-4-1-7(2-5-9)3-6-10;1-3-5-6-4-2;1-5(2,3)4/h8-10H,1-6H2;3-4H,1-2,5H2;(H2,1,2,3,4). The van der Waals surface area contributed by atoms with E-state index in [2.05, 4.69) is 17.9 Å². The Morgan fingerprint density at radius 3 is 1.43 bits per heavy atom. The Balaban J connectivity index is -0.000000252. The average molecular weight is 331 g/mol. The summed E-state index contributed by atoms with van der Waals surface area (Å²) in [5.74, 6) is 0. The van der Waals surface area contributed by atoms with Gasteiger partial charge in [-0.2, -0.15) is 8.42 Å². The van der Waals surface area contributed by atoms with Crippen molar-refractivity contribution in [3.63, 3.8) is 0 Å². The second-order valence-corrected chi connectivity index (χ2v) is 4.14. The molecule has 9 nitrogen and oxygen atoms in total. The predicted molar refractivity (Wildman–Crippen MR) is 78.2 cm³/mol. The Morgan fingerprint density at radius 2 is 1.29 bits per heavy atom. The van der Waals surface area contributed by atoms with Crippen molar-refractivity contribution in [2.45, 2.75) is 0 Å². The molecule has 0 aliphatic carbocycles. The van der Waals surface area contributed by atoms with Gasteiger partial charge in [-0.3, -0.25) is 14.0 Å². The molecule has 10 heteroatoms. The Kier molecular flexibility index (Phi) is 22.6. The third kappa shape index (κ3) is 45.4. The Morgan fingerprint density at radius 1 is 0.952 bits per heavy atom. The highest BCUT2D eigenvalue weighted by Crippen LogP contribution is 1.84. The van der Waals surface area contributed by atoms with Crippen LogP contribution < -0.4 is 0 Å². The quantitative estimate of drug-likeness (QED) is 0.154. The highest BCUT2D eigenvalue weighted by Gasteiger charge is 2.00. The molecule has 0 saturated carbocycles. The van der Waals surface area contributed by atoms with Crippen molar-refractivity contribution >= 4 is 10.4 Å². The molecule has 128 valence electrons. The molecule has 0 amide bonds. The van der Waals surface area contributed by atoms with Crippen molar-refractivity contribution in [3.8, 4) is 0 Å². The van der Waals surface area contributed by atoms with Gasteiger partial charge in [-0.15, -0.1) is 0 Å². The fourth-order valence-electron chi connectivity index (χ4n) is 0.896. The van der Waals surface area contributed by atoms with Gasteiger partial charge in [0.05, 0.1) is 26.1 Å². The van der Waals surface area contributed by atoms with E-state index in [1.54, 1.807) is 11.0 Å². The lowest BCUT2D eigenvalue weighted by Crippen LogP contribution is -2.32. The number of rotatable bonds is 9. The molecule has 0 saturated heterocycles. The largest absolute Gasteiger partial charge is 0.498 e. The zero-order valence-electron chi connectivity index (χ0n) is 11.8. The van der Waals surface area contributed by atoms with Crippen LogP contribution in [0.4, 0.5) is 0 Å². The third-order valence-electron chi connectivity index (χ3n) is 1.58. The molecule has 0 spiro atoms. The van der Waals surface area contributed by atoms with E-state index in [4.69, 9.17) is 32.8 Å².